The monoisotopic (exact) mass is 230 g/mol. The first-order chi connectivity index (χ1) is 7.97. The second kappa shape index (κ2) is 4.24. The number of rotatable bonds is 2. The number of hydrogen-bond acceptors (Lipinski definition) is 3. The topological polar surface area (TPSA) is 52.0 Å². The molecule has 3 nitrogen and oxygen atoms in total. The minimum Gasteiger partial charge on any atom is -0.429 e. The fraction of sp³-hybridized carbons (Fsp3) is 0.357. The predicted octanol–water partition coefficient (Wildman–Crippen LogP) is 3.08. The third-order valence-electron chi connectivity index (χ3n) is 3.09. The van der Waals surface area contributed by atoms with Gasteiger partial charge in [-0.1, -0.05) is 17.7 Å². The average Bonchev–Trinajstić information content (AvgIpc) is 2.51. The van der Waals surface area contributed by atoms with Crippen LogP contribution in [0.25, 0.3) is 0 Å². The maximum Gasteiger partial charge on any atom is 0.292 e. The Morgan fingerprint density at radius 1 is 1.12 bits per heavy atom. The van der Waals surface area contributed by atoms with Crippen molar-refractivity contribution in [2.24, 2.45) is 0 Å². The third kappa shape index (κ3) is 2.33. The van der Waals surface area contributed by atoms with E-state index in [-0.39, 0.29) is 6.01 Å². The van der Waals surface area contributed by atoms with E-state index >= 15 is 0 Å². The van der Waals surface area contributed by atoms with Crippen LogP contribution >= 0.6 is 0 Å². The summed E-state index contributed by atoms with van der Waals surface area (Å²) in [4.78, 5) is 4.22. The highest BCUT2D eigenvalue weighted by Gasteiger charge is 2.11. The summed E-state index contributed by atoms with van der Waals surface area (Å²) in [6.07, 6.45) is 0.782. The molecule has 0 spiro atoms. The molecular weight excluding hydrogens is 212 g/mol. The molecule has 17 heavy (non-hydrogen) atoms. The Kier molecular flexibility index (Phi) is 2.92. The molecule has 0 radical (unpaired) electrons. The standard InChI is InChI=1S/C14H18N2O/c1-8-5-9(2)12(10(3)6-8)7-13-11(4)17-14(15)16-13/h5-6H,7H2,1-4H3,(H2,15,16). The molecule has 0 aliphatic rings. The first kappa shape index (κ1) is 11.7. The Morgan fingerprint density at radius 2 is 1.71 bits per heavy atom. The number of anilines is 1. The van der Waals surface area contributed by atoms with Crippen molar-refractivity contribution in [3.63, 3.8) is 0 Å². The summed E-state index contributed by atoms with van der Waals surface area (Å²) in [6.45, 7) is 8.28. The Labute approximate surface area is 102 Å². The molecule has 0 unspecified atom stereocenters. The third-order valence-corrected chi connectivity index (χ3v) is 3.09. The van der Waals surface area contributed by atoms with Crippen molar-refractivity contribution in [1.82, 2.24) is 4.98 Å². The SMILES string of the molecule is Cc1cc(C)c(Cc2nc(N)oc2C)c(C)c1. The van der Waals surface area contributed by atoms with Crippen LogP contribution < -0.4 is 5.73 Å². The van der Waals surface area contributed by atoms with Crippen LogP contribution in [0.3, 0.4) is 0 Å². The minimum atomic E-state index is 0.250. The number of benzene rings is 1. The molecule has 3 heteroatoms. The first-order valence-corrected chi connectivity index (χ1v) is 5.76. The number of aryl methyl sites for hydroxylation is 4. The van der Waals surface area contributed by atoms with Gasteiger partial charge in [0.25, 0.3) is 6.01 Å². The number of nitrogens with two attached hydrogens (primary N) is 1. The van der Waals surface area contributed by atoms with Crippen LogP contribution in [0.5, 0.6) is 0 Å². The first-order valence-electron chi connectivity index (χ1n) is 5.76. The van der Waals surface area contributed by atoms with Crippen LogP contribution in [0.2, 0.25) is 0 Å². The zero-order valence-corrected chi connectivity index (χ0v) is 10.8. The highest BCUT2D eigenvalue weighted by Crippen LogP contribution is 2.22. The second-order valence-corrected chi connectivity index (χ2v) is 4.61. The number of nitrogen functional groups attached to an aromatic ring is 1. The summed E-state index contributed by atoms with van der Waals surface area (Å²) in [6, 6.07) is 4.64. The van der Waals surface area contributed by atoms with E-state index in [9.17, 15) is 0 Å². The van der Waals surface area contributed by atoms with E-state index in [4.69, 9.17) is 10.2 Å². The van der Waals surface area contributed by atoms with Gasteiger partial charge < -0.3 is 10.2 Å². The Hall–Kier alpha value is -1.77. The van der Waals surface area contributed by atoms with Gasteiger partial charge in [0.15, 0.2) is 0 Å². The van der Waals surface area contributed by atoms with E-state index in [1.54, 1.807) is 0 Å². The lowest BCUT2D eigenvalue weighted by Crippen LogP contribution is -1.98. The van der Waals surface area contributed by atoms with Gasteiger partial charge in [-0.15, -0.1) is 0 Å². The molecule has 2 rings (SSSR count). The van der Waals surface area contributed by atoms with Crippen LogP contribution in [-0.4, -0.2) is 4.98 Å². The molecule has 1 aromatic carbocycles. The maximum atomic E-state index is 5.56. The molecule has 90 valence electrons. The minimum absolute atomic E-state index is 0.250. The Bertz CT molecular complexity index is 532. The number of aromatic nitrogens is 1. The average molecular weight is 230 g/mol. The maximum absolute atomic E-state index is 5.56. The lowest BCUT2D eigenvalue weighted by atomic mass is 9.96. The number of hydrogen-bond donors (Lipinski definition) is 1. The molecule has 0 saturated heterocycles. The Morgan fingerprint density at radius 3 is 2.18 bits per heavy atom. The van der Waals surface area contributed by atoms with Crippen molar-refractivity contribution in [3.8, 4) is 0 Å². The fourth-order valence-corrected chi connectivity index (χ4v) is 2.27. The molecule has 0 saturated carbocycles. The van der Waals surface area contributed by atoms with Crippen LogP contribution in [0.4, 0.5) is 6.01 Å². The van der Waals surface area contributed by atoms with E-state index in [1.165, 1.54) is 22.3 Å². The molecule has 0 aliphatic carbocycles. The van der Waals surface area contributed by atoms with Gasteiger partial charge in [-0.25, -0.2) is 0 Å². The molecule has 0 aliphatic heterocycles. The zero-order valence-electron chi connectivity index (χ0n) is 10.8. The molecule has 1 heterocycles. The van der Waals surface area contributed by atoms with Crippen molar-refractivity contribution in [3.05, 3.63) is 45.8 Å². The molecule has 0 amide bonds. The molecular formula is C14H18N2O. The normalized spacial score (nSPS) is 10.8. The van der Waals surface area contributed by atoms with Gasteiger partial charge >= 0.3 is 0 Å². The summed E-state index contributed by atoms with van der Waals surface area (Å²) in [5.41, 5.74) is 11.7. The highest BCUT2D eigenvalue weighted by molar-refractivity contribution is 5.40. The zero-order chi connectivity index (χ0) is 12.6. The summed E-state index contributed by atoms with van der Waals surface area (Å²) < 4.78 is 5.26. The van der Waals surface area contributed by atoms with Crippen molar-refractivity contribution >= 4 is 6.01 Å². The second-order valence-electron chi connectivity index (χ2n) is 4.61. The van der Waals surface area contributed by atoms with Crippen molar-refractivity contribution in [2.45, 2.75) is 34.1 Å². The summed E-state index contributed by atoms with van der Waals surface area (Å²) in [7, 11) is 0. The highest BCUT2D eigenvalue weighted by atomic mass is 16.4. The van der Waals surface area contributed by atoms with E-state index in [0.717, 1.165) is 17.9 Å². The van der Waals surface area contributed by atoms with E-state index in [1.807, 2.05) is 6.92 Å². The Balaban J connectivity index is 2.39. The van der Waals surface area contributed by atoms with Gasteiger partial charge in [-0.2, -0.15) is 4.98 Å². The van der Waals surface area contributed by atoms with Gasteiger partial charge in [-0.05, 0) is 44.4 Å². The van der Waals surface area contributed by atoms with Gasteiger partial charge in [0, 0.05) is 6.42 Å². The van der Waals surface area contributed by atoms with Crippen LogP contribution in [-0.2, 0) is 6.42 Å². The summed E-state index contributed by atoms with van der Waals surface area (Å²) in [5.74, 6) is 0.807. The van der Waals surface area contributed by atoms with Crippen LogP contribution in [0.15, 0.2) is 16.5 Å². The summed E-state index contributed by atoms with van der Waals surface area (Å²) in [5, 5.41) is 0. The van der Waals surface area contributed by atoms with Crippen LogP contribution in [0, 0.1) is 27.7 Å². The number of nitrogens with zero attached hydrogens (tertiary/aromatic N) is 1. The van der Waals surface area contributed by atoms with E-state index in [0.29, 0.717) is 0 Å². The molecule has 2 aromatic rings. The molecule has 0 atom stereocenters. The molecule has 2 N–H and O–H groups in total. The van der Waals surface area contributed by atoms with Gasteiger partial charge in [0.1, 0.15) is 5.76 Å². The predicted molar refractivity (Wildman–Crippen MR) is 69.1 cm³/mol. The van der Waals surface area contributed by atoms with E-state index in [2.05, 4.69) is 37.9 Å². The smallest absolute Gasteiger partial charge is 0.292 e. The van der Waals surface area contributed by atoms with Gasteiger partial charge in [0.05, 0.1) is 5.69 Å². The molecule has 1 aromatic heterocycles. The van der Waals surface area contributed by atoms with Crippen LogP contribution in [0.1, 0.15) is 33.7 Å². The largest absolute Gasteiger partial charge is 0.429 e. The van der Waals surface area contributed by atoms with Gasteiger partial charge in [0.2, 0.25) is 0 Å². The lowest BCUT2D eigenvalue weighted by Gasteiger charge is -2.10. The van der Waals surface area contributed by atoms with E-state index < -0.39 is 0 Å². The lowest BCUT2D eigenvalue weighted by molar-refractivity contribution is 0.545. The van der Waals surface area contributed by atoms with Gasteiger partial charge in [-0.3, -0.25) is 0 Å². The van der Waals surface area contributed by atoms with Crippen molar-refractivity contribution < 1.29 is 4.42 Å². The summed E-state index contributed by atoms with van der Waals surface area (Å²) >= 11 is 0. The molecule has 0 bridgehead atoms. The van der Waals surface area contributed by atoms with Crippen molar-refractivity contribution in [1.29, 1.82) is 0 Å². The number of oxazole rings is 1. The molecule has 0 fully saturated rings. The van der Waals surface area contributed by atoms with Crippen molar-refractivity contribution in [2.75, 3.05) is 5.73 Å². The fourth-order valence-electron chi connectivity index (χ4n) is 2.27. The quantitative estimate of drug-likeness (QED) is 0.862.